The van der Waals surface area contributed by atoms with Gasteiger partial charge in [-0.2, -0.15) is 0 Å². The van der Waals surface area contributed by atoms with Crippen molar-refractivity contribution in [3.8, 4) is 0 Å². The highest BCUT2D eigenvalue weighted by Crippen LogP contribution is 2.26. The molecule has 2 atom stereocenters. The van der Waals surface area contributed by atoms with Crippen LogP contribution in [0, 0.1) is 11.8 Å². The molecular weight excluding hydrogens is 196 g/mol. The number of esters is 1. The van der Waals surface area contributed by atoms with Crippen LogP contribution in [-0.4, -0.2) is 23.7 Å². The van der Waals surface area contributed by atoms with E-state index in [9.17, 15) is 9.59 Å². The van der Waals surface area contributed by atoms with Gasteiger partial charge in [-0.3, -0.25) is 9.59 Å². The summed E-state index contributed by atoms with van der Waals surface area (Å²) >= 11 is 0. The number of hydrogen-bond donors (Lipinski definition) is 1. The predicted octanol–water partition coefficient (Wildman–Crippen LogP) is 1.61. The van der Waals surface area contributed by atoms with Crippen molar-refractivity contribution in [2.75, 3.05) is 6.61 Å². The zero-order valence-corrected chi connectivity index (χ0v) is 8.81. The van der Waals surface area contributed by atoms with Crippen molar-refractivity contribution in [1.82, 2.24) is 0 Å². The molecule has 0 aromatic heterocycles. The summed E-state index contributed by atoms with van der Waals surface area (Å²) in [6.07, 6.45) is 6.39. The second-order valence-electron chi connectivity index (χ2n) is 3.59. The van der Waals surface area contributed by atoms with Crippen LogP contribution in [0.4, 0.5) is 0 Å². The Morgan fingerprint density at radius 1 is 1.60 bits per heavy atom. The third-order valence-corrected chi connectivity index (χ3v) is 2.53. The molecule has 1 aliphatic rings. The van der Waals surface area contributed by atoms with Crippen molar-refractivity contribution >= 4 is 11.9 Å². The number of rotatable bonds is 4. The molecule has 0 aromatic rings. The number of hydrogen-bond acceptors (Lipinski definition) is 3. The minimum absolute atomic E-state index is 0.213. The molecule has 0 saturated heterocycles. The minimum atomic E-state index is -1.09. The van der Waals surface area contributed by atoms with Crippen LogP contribution in [0.2, 0.25) is 0 Å². The van der Waals surface area contributed by atoms with Crippen LogP contribution in [-0.2, 0) is 14.3 Å². The van der Waals surface area contributed by atoms with E-state index in [4.69, 9.17) is 9.84 Å². The zero-order valence-electron chi connectivity index (χ0n) is 8.81. The monoisotopic (exact) mass is 212 g/mol. The van der Waals surface area contributed by atoms with Crippen molar-refractivity contribution in [3.63, 3.8) is 0 Å². The number of carboxylic acids is 1. The van der Waals surface area contributed by atoms with Crippen LogP contribution in [0.25, 0.3) is 0 Å². The number of aliphatic carboxylic acids is 1. The second-order valence-corrected chi connectivity index (χ2v) is 3.59. The average Bonchev–Trinajstić information content (AvgIpc) is 2.19. The Bertz CT molecular complexity index is 270. The number of ether oxygens (including phenoxy) is 1. The molecule has 2 unspecified atom stereocenters. The summed E-state index contributed by atoms with van der Waals surface area (Å²) in [5.41, 5.74) is 0. The Labute approximate surface area is 88.9 Å². The van der Waals surface area contributed by atoms with E-state index in [1.54, 1.807) is 6.92 Å². The van der Waals surface area contributed by atoms with Gasteiger partial charge in [-0.25, -0.2) is 0 Å². The Hall–Kier alpha value is -1.32. The first-order chi connectivity index (χ1) is 7.16. The van der Waals surface area contributed by atoms with Gasteiger partial charge < -0.3 is 9.84 Å². The van der Waals surface area contributed by atoms with E-state index < -0.39 is 17.9 Å². The van der Waals surface area contributed by atoms with Crippen LogP contribution < -0.4 is 0 Å². The first kappa shape index (κ1) is 11.8. The summed E-state index contributed by atoms with van der Waals surface area (Å²) in [5.74, 6) is -2.97. The molecule has 15 heavy (non-hydrogen) atoms. The van der Waals surface area contributed by atoms with E-state index in [1.807, 2.05) is 12.2 Å². The van der Waals surface area contributed by atoms with Crippen molar-refractivity contribution in [2.45, 2.75) is 26.2 Å². The number of carboxylic acid groups (broad SMARTS) is 1. The molecule has 0 amide bonds. The summed E-state index contributed by atoms with van der Waals surface area (Å²) in [5, 5.41) is 8.99. The molecule has 0 bridgehead atoms. The maximum atomic E-state index is 11.4. The minimum Gasteiger partial charge on any atom is -0.481 e. The van der Waals surface area contributed by atoms with Gasteiger partial charge in [0.1, 0.15) is 0 Å². The van der Waals surface area contributed by atoms with E-state index in [0.29, 0.717) is 0 Å². The van der Waals surface area contributed by atoms with E-state index in [0.717, 1.165) is 19.3 Å². The highest BCUT2D eigenvalue weighted by atomic mass is 16.5. The first-order valence-corrected chi connectivity index (χ1v) is 5.23. The van der Waals surface area contributed by atoms with E-state index in [1.165, 1.54) is 0 Å². The van der Waals surface area contributed by atoms with Crippen LogP contribution in [0.1, 0.15) is 26.2 Å². The Balaban J connectivity index is 2.72. The van der Waals surface area contributed by atoms with Crippen molar-refractivity contribution in [1.29, 1.82) is 0 Å². The average molecular weight is 212 g/mol. The van der Waals surface area contributed by atoms with Crippen LogP contribution >= 0.6 is 0 Å². The fourth-order valence-electron chi connectivity index (χ4n) is 1.81. The van der Waals surface area contributed by atoms with Gasteiger partial charge in [-0.1, -0.05) is 12.2 Å². The lowest BCUT2D eigenvalue weighted by molar-refractivity contribution is -0.160. The summed E-state index contributed by atoms with van der Waals surface area (Å²) in [6.45, 7) is 1.90. The van der Waals surface area contributed by atoms with Gasteiger partial charge in [-0.05, 0) is 26.2 Å². The maximum Gasteiger partial charge on any atom is 0.320 e. The van der Waals surface area contributed by atoms with Gasteiger partial charge in [0.05, 0.1) is 6.61 Å². The third-order valence-electron chi connectivity index (χ3n) is 2.53. The quantitative estimate of drug-likeness (QED) is 0.437. The van der Waals surface area contributed by atoms with Crippen molar-refractivity contribution < 1.29 is 19.4 Å². The summed E-state index contributed by atoms with van der Waals surface area (Å²) in [6, 6.07) is 0. The summed E-state index contributed by atoms with van der Waals surface area (Å²) < 4.78 is 4.76. The molecule has 0 fully saturated rings. The number of allylic oxidation sites excluding steroid dienone is 2. The van der Waals surface area contributed by atoms with Crippen LogP contribution in [0.3, 0.4) is 0 Å². The van der Waals surface area contributed by atoms with Gasteiger partial charge in [-0.15, -0.1) is 0 Å². The Kier molecular flexibility index (Phi) is 4.34. The zero-order chi connectivity index (χ0) is 11.3. The van der Waals surface area contributed by atoms with E-state index >= 15 is 0 Å². The molecule has 1 aliphatic carbocycles. The standard InChI is InChI=1S/C11H16O4/c1-2-15-11(14)9(10(12)13)8-6-4-3-5-7-8/h4,6,8-9H,2-3,5,7H2,1H3,(H,12,13). The SMILES string of the molecule is CCOC(=O)C(C(=O)O)C1C=CCCC1. The third kappa shape index (κ3) is 3.08. The Morgan fingerprint density at radius 3 is 2.80 bits per heavy atom. The topological polar surface area (TPSA) is 63.6 Å². The lowest BCUT2D eigenvalue weighted by Crippen LogP contribution is -2.32. The molecule has 0 aromatic carbocycles. The molecule has 0 heterocycles. The van der Waals surface area contributed by atoms with Gasteiger partial charge in [0.25, 0.3) is 0 Å². The molecular formula is C11H16O4. The Morgan fingerprint density at radius 2 is 2.33 bits per heavy atom. The molecule has 4 heteroatoms. The second kappa shape index (κ2) is 5.53. The highest BCUT2D eigenvalue weighted by molar-refractivity contribution is 5.94. The predicted molar refractivity (Wildman–Crippen MR) is 54.2 cm³/mol. The summed E-state index contributed by atoms with van der Waals surface area (Å²) in [7, 11) is 0. The molecule has 0 aliphatic heterocycles. The smallest absolute Gasteiger partial charge is 0.320 e. The normalized spacial score (nSPS) is 22.1. The van der Waals surface area contributed by atoms with Crippen molar-refractivity contribution in [2.24, 2.45) is 11.8 Å². The van der Waals surface area contributed by atoms with Gasteiger partial charge >= 0.3 is 11.9 Å². The number of carbonyl (C=O) groups excluding carboxylic acids is 1. The largest absolute Gasteiger partial charge is 0.481 e. The first-order valence-electron chi connectivity index (χ1n) is 5.23. The molecule has 1 N–H and O–H groups in total. The van der Waals surface area contributed by atoms with E-state index in [-0.39, 0.29) is 12.5 Å². The molecule has 0 saturated carbocycles. The molecule has 1 rings (SSSR count). The fourth-order valence-corrected chi connectivity index (χ4v) is 1.81. The maximum absolute atomic E-state index is 11.4. The molecule has 84 valence electrons. The van der Waals surface area contributed by atoms with E-state index in [2.05, 4.69) is 0 Å². The lowest BCUT2D eigenvalue weighted by atomic mass is 9.84. The lowest BCUT2D eigenvalue weighted by Gasteiger charge is -2.21. The van der Waals surface area contributed by atoms with Crippen LogP contribution in [0.15, 0.2) is 12.2 Å². The number of carbonyl (C=O) groups is 2. The molecule has 0 radical (unpaired) electrons. The summed E-state index contributed by atoms with van der Waals surface area (Å²) in [4.78, 5) is 22.4. The fraction of sp³-hybridized carbons (Fsp3) is 0.636. The highest BCUT2D eigenvalue weighted by Gasteiger charge is 2.34. The van der Waals surface area contributed by atoms with Gasteiger partial charge in [0, 0.05) is 5.92 Å². The molecule has 0 spiro atoms. The van der Waals surface area contributed by atoms with Crippen molar-refractivity contribution in [3.05, 3.63) is 12.2 Å². The van der Waals surface area contributed by atoms with Gasteiger partial charge in [0.15, 0.2) is 5.92 Å². The van der Waals surface area contributed by atoms with Crippen LogP contribution in [0.5, 0.6) is 0 Å². The molecule has 4 nitrogen and oxygen atoms in total. The van der Waals surface area contributed by atoms with Gasteiger partial charge in [0.2, 0.25) is 0 Å².